The number of amides is 2. The molecule has 2 rings (SSSR count). The van der Waals surface area contributed by atoms with Gasteiger partial charge in [-0.2, -0.15) is 0 Å². The molecule has 6 heteroatoms. The maximum atomic E-state index is 12.4. The van der Waals surface area contributed by atoms with Gasteiger partial charge in [-0.3, -0.25) is 9.59 Å². The molecule has 1 fully saturated rings. The van der Waals surface area contributed by atoms with E-state index < -0.39 is 0 Å². The molecule has 0 aromatic heterocycles. The smallest absolute Gasteiger partial charge is 0.251 e. The van der Waals surface area contributed by atoms with Crippen molar-refractivity contribution < 1.29 is 9.59 Å². The Morgan fingerprint density at radius 2 is 1.92 bits per heavy atom. The molecule has 1 saturated carbocycles. The normalized spacial score (nSPS) is 20.7. The minimum atomic E-state index is -0.297. The van der Waals surface area contributed by atoms with Crippen LogP contribution in [0.2, 0.25) is 0 Å². The zero-order valence-corrected chi connectivity index (χ0v) is 15.4. The van der Waals surface area contributed by atoms with Crippen LogP contribution in [0.1, 0.15) is 56.8 Å². The van der Waals surface area contributed by atoms with E-state index in [1.807, 2.05) is 20.8 Å². The second kappa shape index (κ2) is 8.49. The molecule has 0 radical (unpaired) electrons. The molecule has 0 bridgehead atoms. The van der Waals surface area contributed by atoms with E-state index in [1.54, 1.807) is 24.3 Å². The number of rotatable bonds is 3. The monoisotopic (exact) mass is 353 g/mol. The summed E-state index contributed by atoms with van der Waals surface area (Å²) in [4.78, 5) is 24.6. The lowest BCUT2D eigenvalue weighted by atomic mass is 9.85. The van der Waals surface area contributed by atoms with Gasteiger partial charge in [0.2, 0.25) is 5.91 Å². The SMILES string of the molecule is CC(C)(C)NC(=O)c1cccc(NC(=O)C2CCCC(N)C2)c1.Cl. The number of nitrogens with one attached hydrogen (secondary N) is 2. The van der Waals surface area contributed by atoms with Gasteiger partial charge in [-0.25, -0.2) is 0 Å². The van der Waals surface area contributed by atoms with Crippen molar-refractivity contribution in [1.82, 2.24) is 5.32 Å². The number of benzene rings is 1. The molecule has 0 spiro atoms. The van der Waals surface area contributed by atoms with Crippen LogP contribution in [0.5, 0.6) is 0 Å². The van der Waals surface area contributed by atoms with Crippen LogP contribution in [0.3, 0.4) is 0 Å². The summed E-state index contributed by atoms with van der Waals surface area (Å²) in [5, 5.41) is 5.83. The second-order valence-electron chi connectivity index (χ2n) is 7.40. The van der Waals surface area contributed by atoms with Crippen molar-refractivity contribution >= 4 is 29.9 Å². The molecule has 134 valence electrons. The van der Waals surface area contributed by atoms with Crippen LogP contribution in [0.15, 0.2) is 24.3 Å². The highest BCUT2D eigenvalue weighted by Gasteiger charge is 2.25. The molecule has 4 N–H and O–H groups in total. The fourth-order valence-electron chi connectivity index (χ4n) is 2.86. The molecule has 0 aliphatic heterocycles. The zero-order chi connectivity index (χ0) is 17.0. The minimum absolute atomic E-state index is 0. The summed E-state index contributed by atoms with van der Waals surface area (Å²) in [6.45, 7) is 5.80. The van der Waals surface area contributed by atoms with E-state index in [9.17, 15) is 9.59 Å². The molecule has 1 aromatic rings. The minimum Gasteiger partial charge on any atom is -0.347 e. The molecule has 1 aliphatic rings. The van der Waals surface area contributed by atoms with E-state index in [0.29, 0.717) is 11.3 Å². The van der Waals surface area contributed by atoms with Crippen LogP contribution in [-0.2, 0) is 4.79 Å². The molecular weight excluding hydrogens is 326 g/mol. The molecule has 2 amide bonds. The van der Waals surface area contributed by atoms with Crippen molar-refractivity contribution in [3.63, 3.8) is 0 Å². The first-order valence-electron chi connectivity index (χ1n) is 8.23. The van der Waals surface area contributed by atoms with Crippen LogP contribution >= 0.6 is 12.4 Å². The molecular formula is C18H28ClN3O2. The number of anilines is 1. The summed E-state index contributed by atoms with van der Waals surface area (Å²) in [5.41, 5.74) is 6.84. The standard InChI is InChI=1S/C18H27N3O2.ClH/c1-18(2,3)21-17(23)13-7-5-9-15(11-13)20-16(22)12-6-4-8-14(19)10-12;/h5,7,9,11-12,14H,4,6,8,10,19H2,1-3H3,(H,20,22)(H,21,23);1H. The van der Waals surface area contributed by atoms with Crippen molar-refractivity contribution in [3.8, 4) is 0 Å². The number of halogens is 1. The average molecular weight is 354 g/mol. The van der Waals surface area contributed by atoms with E-state index in [0.717, 1.165) is 25.7 Å². The third-order valence-corrected chi connectivity index (χ3v) is 3.97. The summed E-state index contributed by atoms with van der Waals surface area (Å²) < 4.78 is 0. The van der Waals surface area contributed by atoms with Crippen molar-refractivity contribution in [2.24, 2.45) is 11.7 Å². The van der Waals surface area contributed by atoms with E-state index in [2.05, 4.69) is 10.6 Å². The van der Waals surface area contributed by atoms with E-state index in [-0.39, 0.29) is 41.7 Å². The fraction of sp³-hybridized carbons (Fsp3) is 0.556. The van der Waals surface area contributed by atoms with Gasteiger partial charge in [-0.05, 0) is 58.2 Å². The Labute approximate surface area is 150 Å². The van der Waals surface area contributed by atoms with Crippen LogP contribution in [0.4, 0.5) is 5.69 Å². The van der Waals surface area contributed by atoms with Gasteiger partial charge in [-0.1, -0.05) is 12.5 Å². The number of carbonyl (C=O) groups is 2. The number of hydrogen-bond donors (Lipinski definition) is 3. The van der Waals surface area contributed by atoms with E-state index in [1.165, 1.54) is 0 Å². The first kappa shape index (κ1) is 20.5. The quantitative estimate of drug-likeness (QED) is 0.780. The second-order valence-corrected chi connectivity index (χ2v) is 7.40. The van der Waals surface area contributed by atoms with Crippen LogP contribution in [0, 0.1) is 5.92 Å². The largest absolute Gasteiger partial charge is 0.347 e. The molecule has 0 heterocycles. The predicted octanol–water partition coefficient (Wildman–Crippen LogP) is 3.09. The Morgan fingerprint density at radius 1 is 1.21 bits per heavy atom. The molecule has 1 aliphatic carbocycles. The lowest BCUT2D eigenvalue weighted by Gasteiger charge is -2.25. The van der Waals surface area contributed by atoms with Crippen molar-refractivity contribution in [2.75, 3.05) is 5.32 Å². The highest BCUT2D eigenvalue weighted by molar-refractivity contribution is 5.98. The summed E-state index contributed by atoms with van der Waals surface area (Å²) in [5.74, 6) is -0.187. The van der Waals surface area contributed by atoms with Gasteiger partial charge in [0.15, 0.2) is 0 Å². The van der Waals surface area contributed by atoms with Crippen LogP contribution in [-0.4, -0.2) is 23.4 Å². The lowest BCUT2D eigenvalue weighted by molar-refractivity contribution is -0.120. The molecule has 1 aromatic carbocycles. The lowest BCUT2D eigenvalue weighted by Crippen LogP contribution is -2.40. The highest BCUT2D eigenvalue weighted by atomic mass is 35.5. The van der Waals surface area contributed by atoms with Crippen LogP contribution in [0.25, 0.3) is 0 Å². The highest BCUT2D eigenvalue weighted by Crippen LogP contribution is 2.24. The number of hydrogen-bond acceptors (Lipinski definition) is 3. The maximum Gasteiger partial charge on any atom is 0.251 e. The number of carbonyl (C=O) groups excluding carboxylic acids is 2. The Balaban J connectivity index is 0.00000288. The third-order valence-electron chi connectivity index (χ3n) is 3.97. The Kier molecular flexibility index (Phi) is 7.24. The van der Waals surface area contributed by atoms with Gasteiger partial charge >= 0.3 is 0 Å². The maximum absolute atomic E-state index is 12.4. The van der Waals surface area contributed by atoms with Crippen molar-refractivity contribution in [2.45, 2.75) is 58.0 Å². The van der Waals surface area contributed by atoms with Gasteiger partial charge in [0.25, 0.3) is 5.91 Å². The zero-order valence-electron chi connectivity index (χ0n) is 14.6. The number of nitrogens with two attached hydrogens (primary N) is 1. The summed E-state index contributed by atoms with van der Waals surface area (Å²) in [6.07, 6.45) is 3.60. The van der Waals surface area contributed by atoms with Crippen LogP contribution < -0.4 is 16.4 Å². The van der Waals surface area contributed by atoms with E-state index >= 15 is 0 Å². The summed E-state index contributed by atoms with van der Waals surface area (Å²) in [6, 6.07) is 7.15. The Bertz CT molecular complexity index is 584. The van der Waals surface area contributed by atoms with Gasteiger partial charge in [0.1, 0.15) is 0 Å². The fourth-order valence-corrected chi connectivity index (χ4v) is 2.86. The topological polar surface area (TPSA) is 84.2 Å². The van der Waals surface area contributed by atoms with Gasteiger partial charge < -0.3 is 16.4 Å². The van der Waals surface area contributed by atoms with Gasteiger partial charge in [-0.15, -0.1) is 12.4 Å². The predicted molar refractivity (Wildman–Crippen MR) is 99.5 cm³/mol. The van der Waals surface area contributed by atoms with E-state index in [4.69, 9.17) is 5.73 Å². The first-order valence-corrected chi connectivity index (χ1v) is 8.23. The van der Waals surface area contributed by atoms with Crippen molar-refractivity contribution in [3.05, 3.63) is 29.8 Å². The van der Waals surface area contributed by atoms with Gasteiger partial charge in [0, 0.05) is 28.7 Å². The Morgan fingerprint density at radius 3 is 2.54 bits per heavy atom. The molecule has 0 saturated heterocycles. The summed E-state index contributed by atoms with van der Waals surface area (Å²) >= 11 is 0. The van der Waals surface area contributed by atoms with Gasteiger partial charge in [0.05, 0.1) is 0 Å². The molecule has 5 nitrogen and oxygen atoms in total. The summed E-state index contributed by atoms with van der Waals surface area (Å²) in [7, 11) is 0. The molecule has 2 atom stereocenters. The first-order chi connectivity index (χ1) is 10.7. The average Bonchev–Trinajstić information content (AvgIpc) is 2.45. The molecule has 2 unspecified atom stereocenters. The Hall–Kier alpha value is -1.59. The van der Waals surface area contributed by atoms with Crippen molar-refractivity contribution in [1.29, 1.82) is 0 Å². The third kappa shape index (κ3) is 6.13. The molecule has 24 heavy (non-hydrogen) atoms.